The number of benzene rings is 1. The number of amides is 4. The van der Waals surface area contributed by atoms with Crippen LogP contribution < -0.4 is 10.6 Å². The van der Waals surface area contributed by atoms with Crippen LogP contribution in [0.5, 0.6) is 0 Å². The number of anilines is 1. The van der Waals surface area contributed by atoms with Crippen molar-refractivity contribution in [1.82, 2.24) is 10.2 Å². The minimum Gasteiger partial charge on any atom is -0.325 e. The van der Waals surface area contributed by atoms with Crippen molar-refractivity contribution in [1.29, 1.82) is 0 Å². The van der Waals surface area contributed by atoms with Crippen molar-refractivity contribution in [3.05, 3.63) is 27.8 Å². The molecule has 6 nitrogen and oxygen atoms in total. The lowest BCUT2D eigenvalue weighted by atomic mass is 9.73. The first-order valence-corrected chi connectivity index (χ1v) is 9.20. The second-order valence-corrected chi connectivity index (χ2v) is 7.74. The normalized spacial score (nSPS) is 26.6. The third-order valence-corrected chi connectivity index (χ3v) is 5.65. The van der Waals surface area contributed by atoms with Gasteiger partial charge in [0.05, 0.1) is 0 Å². The lowest BCUT2D eigenvalue weighted by molar-refractivity contribution is -0.136. The van der Waals surface area contributed by atoms with Crippen LogP contribution in [0.25, 0.3) is 0 Å². The molecule has 2 atom stereocenters. The highest BCUT2D eigenvalue weighted by molar-refractivity contribution is 14.1. The van der Waals surface area contributed by atoms with Crippen LogP contribution in [0.15, 0.2) is 24.3 Å². The van der Waals surface area contributed by atoms with Crippen LogP contribution in [-0.4, -0.2) is 34.8 Å². The Labute approximate surface area is 154 Å². The van der Waals surface area contributed by atoms with Gasteiger partial charge in [-0.1, -0.05) is 19.8 Å². The largest absolute Gasteiger partial charge is 0.325 e. The van der Waals surface area contributed by atoms with Gasteiger partial charge in [0, 0.05) is 9.26 Å². The number of carbonyl (C=O) groups is 3. The third kappa shape index (κ3) is 3.13. The molecule has 7 heteroatoms. The Hall–Kier alpha value is -1.64. The van der Waals surface area contributed by atoms with Crippen molar-refractivity contribution >= 4 is 46.1 Å². The van der Waals surface area contributed by atoms with Gasteiger partial charge in [0.2, 0.25) is 5.91 Å². The van der Waals surface area contributed by atoms with Crippen LogP contribution in [-0.2, 0) is 9.59 Å². The molecule has 2 fully saturated rings. The fraction of sp³-hybridized carbons (Fsp3) is 0.471. The van der Waals surface area contributed by atoms with Crippen molar-refractivity contribution in [2.45, 2.75) is 38.1 Å². The number of rotatable bonds is 3. The minimum absolute atomic E-state index is 0.0898. The van der Waals surface area contributed by atoms with Crippen molar-refractivity contribution < 1.29 is 14.4 Å². The van der Waals surface area contributed by atoms with Crippen molar-refractivity contribution in [3.8, 4) is 0 Å². The molecule has 3 rings (SSSR count). The van der Waals surface area contributed by atoms with E-state index in [1.165, 1.54) is 0 Å². The Balaban J connectivity index is 1.68. The third-order valence-electron chi connectivity index (χ3n) is 4.93. The molecule has 0 bridgehead atoms. The maximum absolute atomic E-state index is 12.8. The quantitative estimate of drug-likeness (QED) is 0.560. The van der Waals surface area contributed by atoms with E-state index in [1.807, 2.05) is 19.1 Å². The highest BCUT2D eigenvalue weighted by Crippen LogP contribution is 2.38. The van der Waals surface area contributed by atoms with E-state index in [0.717, 1.165) is 27.7 Å². The van der Waals surface area contributed by atoms with Gasteiger partial charge in [0.25, 0.3) is 5.91 Å². The van der Waals surface area contributed by atoms with Crippen LogP contribution >= 0.6 is 22.6 Å². The molecular weight excluding hydrogens is 421 g/mol. The Morgan fingerprint density at radius 2 is 2.04 bits per heavy atom. The number of imide groups is 1. The van der Waals surface area contributed by atoms with E-state index in [-0.39, 0.29) is 24.3 Å². The first-order valence-electron chi connectivity index (χ1n) is 8.12. The summed E-state index contributed by atoms with van der Waals surface area (Å²) in [5.41, 5.74) is -0.174. The smallest absolute Gasteiger partial charge is 0.325 e. The Bertz CT molecular complexity index is 676. The molecule has 1 aliphatic heterocycles. The number of carbonyl (C=O) groups excluding carboxylic acids is 3. The standard InChI is InChI=1S/C17H20IN3O3/c1-11-4-2-3-9-17(11)15(23)21(16(24)20-17)10-14(22)19-13-7-5-12(18)6-8-13/h5-8,11H,2-4,9-10H2,1H3,(H,19,22)(H,20,24)/t11-,17+/m1/s1. The molecule has 1 aromatic rings. The highest BCUT2D eigenvalue weighted by Gasteiger charge is 2.55. The molecule has 0 aromatic heterocycles. The zero-order valence-corrected chi connectivity index (χ0v) is 15.6. The maximum atomic E-state index is 12.8. The lowest BCUT2D eigenvalue weighted by Crippen LogP contribution is -2.54. The summed E-state index contributed by atoms with van der Waals surface area (Å²) in [6.45, 7) is 1.73. The zero-order valence-electron chi connectivity index (χ0n) is 13.5. The number of halogens is 1. The highest BCUT2D eigenvalue weighted by atomic mass is 127. The van der Waals surface area contributed by atoms with E-state index >= 15 is 0 Å². The average molecular weight is 441 g/mol. The Kier molecular flexibility index (Phi) is 4.80. The summed E-state index contributed by atoms with van der Waals surface area (Å²) in [6, 6.07) is 6.86. The van der Waals surface area contributed by atoms with E-state index in [9.17, 15) is 14.4 Å². The van der Waals surface area contributed by atoms with Gasteiger partial charge in [-0.05, 0) is 65.6 Å². The van der Waals surface area contributed by atoms with Gasteiger partial charge in [0.1, 0.15) is 12.1 Å². The fourth-order valence-corrected chi connectivity index (χ4v) is 3.88. The van der Waals surface area contributed by atoms with E-state index in [4.69, 9.17) is 0 Å². The molecule has 1 heterocycles. The Morgan fingerprint density at radius 1 is 1.33 bits per heavy atom. The van der Waals surface area contributed by atoms with Gasteiger partial charge in [0.15, 0.2) is 0 Å². The van der Waals surface area contributed by atoms with Gasteiger partial charge in [-0.2, -0.15) is 0 Å². The summed E-state index contributed by atoms with van der Waals surface area (Å²) >= 11 is 2.18. The molecule has 128 valence electrons. The first kappa shape index (κ1) is 17.2. The van der Waals surface area contributed by atoms with Crippen molar-refractivity contribution in [2.75, 3.05) is 11.9 Å². The predicted molar refractivity (Wildman–Crippen MR) is 98.4 cm³/mol. The SMILES string of the molecule is C[C@@H]1CCCC[C@]12NC(=O)N(CC(=O)Nc1ccc(I)cc1)C2=O. The molecule has 1 aliphatic carbocycles. The number of hydrogen-bond acceptors (Lipinski definition) is 3. The molecular formula is C17H20IN3O3. The van der Waals surface area contributed by atoms with Crippen LogP contribution in [0.2, 0.25) is 0 Å². The van der Waals surface area contributed by atoms with Crippen molar-refractivity contribution in [3.63, 3.8) is 0 Å². The molecule has 1 aromatic carbocycles. The van der Waals surface area contributed by atoms with E-state index in [1.54, 1.807) is 12.1 Å². The molecule has 2 N–H and O–H groups in total. The Morgan fingerprint density at radius 3 is 2.71 bits per heavy atom. The summed E-state index contributed by atoms with van der Waals surface area (Å²) in [4.78, 5) is 38.3. The van der Waals surface area contributed by atoms with Crippen LogP contribution in [0.3, 0.4) is 0 Å². The number of nitrogens with zero attached hydrogens (tertiary/aromatic N) is 1. The molecule has 4 amide bonds. The average Bonchev–Trinajstić information content (AvgIpc) is 2.78. The topological polar surface area (TPSA) is 78.5 Å². The van der Waals surface area contributed by atoms with Crippen LogP contribution in [0.4, 0.5) is 10.5 Å². The molecule has 1 spiro atoms. The van der Waals surface area contributed by atoms with E-state index in [2.05, 4.69) is 33.2 Å². The molecule has 1 saturated heterocycles. The molecule has 0 unspecified atom stereocenters. The van der Waals surface area contributed by atoms with Gasteiger partial charge in [-0.15, -0.1) is 0 Å². The summed E-state index contributed by atoms with van der Waals surface area (Å²) in [5.74, 6) is -0.551. The number of hydrogen-bond donors (Lipinski definition) is 2. The molecule has 0 radical (unpaired) electrons. The number of nitrogens with one attached hydrogen (secondary N) is 2. The first-order chi connectivity index (χ1) is 11.4. The lowest BCUT2D eigenvalue weighted by Gasteiger charge is -2.36. The fourth-order valence-electron chi connectivity index (χ4n) is 3.52. The second-order valence-electron chi connectivity index (χ2n) is 6.49. The molecule has 24 heavy (non-hydrogen) atoms. The monoisotopic (exact) mass is 441 g/mol. The molecule has 2 aliphatic rings. The summed E-state index contributed by atoms with van der Waals surface area (Å²) < 4.78 is 1.06. The summed E-state index contributed by atoms with van der Waals surface area (Å²) in [5, 5.41) is 5.58. The predicted octanol–water partition coefficient (Wildman–Crippen LogP) is 2.73. The van der Waals surface area contributed by atoms with Gasteiger partial charge >= 0.3 is 6.03 Å². The van der Waals surface area contributed by atoms with Crippen LogP contribution in [0.1, 0.15) is 32.6 Å². The van der Waals surface area contributed by atoms with Crippen LogP contribution in [0, 0.1) is 9.49 Å². The summed E-state index contributed by atoms with van der Waals surface area (Å²) in [6.07, 6.45) is 3.54. The number of urea groups is 1. The van der Waals surface area contributed by atoms with Gasteiger partial charge in [-0.3, -0.25) is 14.5 Å². The van der Waals surface area contributed by atoms with Gasteiger partial charge in [-0.25, -0.2) is 4.79 Å². The molecule has 1 saturated carbocycles. The second kappa shape index (κ2) is 6.70. The van der Waals surface area contributed by atoms with Gasteiger partial charge < -0.3 is 10.6 Å². The minimum atomic E-state index is -0.821. The maximum Gasteiger partial charge on any atom is 0.325 e. The summed E-state index contributed by atoms with van der Waals surface area (Å²) in [7, 11) is 0. The zero-order chi connectivity index (χ0) is 17.3. The van der Waals surface area contributed by atoms with E-state index in [0.29, 0.717) is 12.1 Å². The van der Waals surface area contributed by atoms with Crippen molar-refractivity contribution in [2.24, 2.45) is 5.92 Å². The van der Waals surface area contributed by atoms with E-state index < -0.39 is 11.6 Å².